The standard InChI is InChI=1S/C13H26O2/c1-4-5-6-7-8-9-10-15-13(3)11-12(2)14/h13H,4-11H2,1-3H3. The number of hydrogen-bond acceptors (Lipinski definition) is 2. The molecule has 0 aromatic rings. The number of ether oxygens (including phenoxy) is 1. The lowest BCUT2D eigenvalue weighted by molar-refractivity contribution is -0.119. The first-order valence-corrected chi connectivity index (χ1v) is 6.27. The Morgan fingerprint density at radius 2 is 1.73 bits per heavy atom. The summed E-state index contributed by atoms with van der Waals surface area (Å²) in [6.07, 6.45) is 8.35. The molecule has 0 heterocycles. The number of ketones is 1. The normalized spacial score (nSPS) is 12.7. The third-order valence-corrected chi connectivity index (χ3v) is 2.48. The van der Waals surface area contributed by atoms with Crippen molar-refractivity contribution in [1.82, 2.24) is 0 Å². The van der Waals surface area contributed by atoms with E-state index < -0.39 is 0 Å². The predicted octanol–water partition coefficient (Wildman–Crippen LogP) is 3.73. The van der Waals surface area contributed by atoms with Gasteiger partial charge >= 0.3 is 0 Å². The largest absolute Gasteiger partial charge is 0.378 e. The minimum Gasteiger partial charge on any atom is -0.378 e. The fraction of sp³-hybridized carbons (Fsp3) is 0.923. The molecule has 0 spiro atoms. The summed E-state index contributed by atoms with van der Waals surface area (Å²) in [6, 6.07) is 0. The summed E-state index contributed by atoms with van der Waals surface area (Å²) in [5.41, 5.74) is 0. The van der Waals surface area contributed by atoms with Crippen LogP contribution in [0.4, 0.5) is 0 Å². The van der Waals surface area contributed by atoms with Crippen LogP contribution in [0.2, 0.25) is 0 Å². The van der Waals surface area contributed by atoms with Crippen molar-refractivity contribution in [2.24, 2.45) is 0 Å². The molecule has 15 heavy (non-hydrogen) atoms. The highest BCUT2D eigenvalue weighted by molar-refractivity contribution is 5.75. The molecule has 0 radical (unpaired) electrons. The molecule has 0 rings (SSSR count). The molecule has 0 aromatic carbocycles. The number of hydrogen-bond donors (Lipinski definition) is 0. The third-order valence-electron chi connectivity index (χ3n) is 2.48. The molecule has 2 heteroatoms. The van der Waals surface area contributed by atoms with E-state index in [1.165, 1.54) is 32.1 Å². The smallest absolute Gasteiger partial charge is 0.132 e. The SMILES string of the molecule is CCCCCCCCOC(C)CC(C)=O. The number of carbonyl (C=O) groups excluding carboxylic acids is 1. The predicted molar refractivity (Wildman–Crippen MR) is 64.1 cm³/mol. The zero-order valence-corrected chi connectivity index (χ0v) is 10.6. The van der Waals surface area contributed by atoms with Gasteiger partial charge in [0, 0.05) is 13.0 Å². The van der Waals surface area contributed by atoms with Gasteiger partial charge in [0.1, 0.15) is 5.78 Å². The second-order valence-corrected chi connectivity index (χ2v) is 4.36. The quantitative estimate of drug-likeness (QED) is 0.518. The summed E-state index contributed by atoms with van der Waals surface area (Å²) < 4.78 is 5.54. The van der Waals surface area contributed by atoms with E-state index >= 15 is 0 Å². The molecule has 1 unspecified atom stereocenters. The number of carbonyl (C=O) groups is 1. The van der Waals surface area contributed by atoms with E-state index in [4.69, 9.17) is 4.74 Å². The minimum atomic E-state index is 0.0955. The van der Waals surface area contributed by atoms with Crippen molar-refractivity contribution in [2.45, 2.75) is 71.8 Å². The molecule has 0 aromatic heterocycles. The van der Waals surface area contributed by atoms with Crippen LogP contribution in [-0.4, -0.2) is 18.5 Å². The summed E-state index contributed by atoms with van der Waals surface area (Å²) in [6.45, 7) is 6.62. The van der Waals surface area contributed by atoms with Gasteiger partial charge in [-0.25, -0.2) is 0 Å². The van der Waals surface area contributed by atoms with Gasteiger partial charge in [0.15, 0.2) is 0 Å². The Bertz CT molecular complexity index is 155. The van der Waals surface area contributed by atoms with Gasteiger partial charge in [-0.15, -0.1) is 0 Å². The molecular weight excluding hydrogens is 188 g/mol. The van der Waals surface area contributed by atoms with Gasteiger partial charge in [-0.1, -0.05) is 39.0 Å². The maximum Gasteiger partial charge on any atom is 0.132 e. The van der Waals surface area contributed by atoms with Crippen LogP contribution in [0.1, 0.15) is 65.7 Å². The van der Waals surface area contributed by atoms with Crippen LogP contribution < -0.4 is 0 Å². The molecule has 90 valence electrons. The monoisotopic (exact) mass is 214 g/mol. The molecule has 0 aliphatic heterocycles. The van der Waals surface area contributed by atoms with Gasteiger partial charge in [-0.3, -0.25) is 4.79 Å². The third kappa shape index (κ3) is 11.6. The van der Waals surface area contributed by atoms with E-state index in [9.17, 15) is 4.79 Å². The fourth-order valence-electron chi connectivity index (χ4n) is 1.63. The summed E-state index contributed by atoms with van der Waals surface area (Å²) >= 11 is 0. The Balaban J connectivity index is 3.13. The lowest BCUT2D eigenvalue weighted by Crippen LogP contribution is -2.12. The van der Waals surface area contributed by atoms with Crippen LogP contribution in [-0.2, 0) is 9.53 Å². The summed E-state index contributed by atoms with van der Waals surface area (Å²) in [5.74, 6) is 0.213. The van der Waals surface area contributed by atoms with Crippen molar-refractivity contribution < 1.29 is 9.53 Å². The molecule has 0 saturated carbocycles. The van der Waals surface area contributed by atoms with Crippen molar-refractivity contribution in [2.75, 3.05) is 6.61 Å². The van der Waals surface area contributed by atoms with Crippen LogP contribution in [0.25, 0.3) is 0 Å². The first-order valence-electron chi connectivity index (χ1n) is 6.27. The van der Waals surface area contributed by atoms with Gasteiger partial charge < -0.3 is 4.74 Å². The number of rotatable bonds is 10. The average Bonchev–Trinajstić information content (AvgIpc) is 2.15. The Hall–Kier alpha value is -0.370. The first-order chi connectivity index (χ1) is 7.16. The van der Waals surface area contributed by atoms with Crippen LogP contribution in [0.3, 0.4) is 0 Å². The lowest BCUT2D eigenvalue weighted by Gasteiger charge is -2.10. The number of unbranched alkanes of at least 4 members (excludes halogenated alkanes) is 5. The first kappa shape index (κ1) is 14.6. The fourth-order valence-corrected chi connectivity index (χ4v) is 1.63. The zero-order chi connectivity index (χ0) is 11.5. The maximum absolute atomic E-state index is 10.8. The second-order valence-electron chi connectivity index (χ2n) is 4.36. The van der Waals surface area contributed by atoms with E-state index in [-0.39, 0.29) is 11.9 Å². The molecule has 1 atom stereocenters. The Morgan fingerprint density at radius 1 is 1.13 bits per heavy atom. The van der Waals surface area contributed by atoms with Crippen molar-refractivity contribution in [3.05, 3.63) is 0 Å². The highest BCUT2D eigenvalue weighted by Crippen LogP contribution is 2.06. The highest BCUT2D eigenvalue weighted by Gasteiger charge is 2.04. The Kier molecular flexibility index (Phi) is 9.91. The van der Waals surface area contributed by atoms with E-state index in [1.54, 1.807) is 6.92 Å². The lowest BCUT2D eigenvalue weighted by atomic mass is 10.1. The molecule has 0 amide bonds. The molecular formula is C13H26O2. The molecule has 0 fully saturated rings. The summed E-state index contributed by atoms with van der Waals surface area (Å²) in [5, 5.41) is 0. The van der Waals surface area contributed by atoms with Crippen molar-refractivity contribution in [3.63, 3.8) is 0 Å². The molecule has 2 nitrogen and oxygen atoms in total. The van der Waals surface area contributed by atoms with Crippen LogP contribution >= 0.6 is 0 Å². The number of Topliss-reactive ketones (excluding diaryl/α,β-unsaturated/α-hetero) is 1. The maximum atomic E-state index is 10.8. The molecule has 0 bridgehead atoms. The molecule has 0 N–H and O–H groups in total. The van der Waals surface area contributed by atoms with Gasteiger partial charge in [-0.05, 0) is 20.3 Å². The minimum absolute atomic E-state index is 0.0955. The molecule has 0 aliphatic carbocycles. The average molecular weight is 214 g/mol. The van der Waals surface area contributed by atoms with Gasteiger partial charge in [-0.2, -0.15) is 0 Å². The van der Waals surface area contributed by atoms with Crippen molar-refractivity contribution >= 4 is 5.78 Å². The van der Waals surface area contributed by atoms with Crippen molar-refractivity contribution in [3.8, 4) is 0 Å². The topological polar surface area (TPSA) is 26.3 Å². The zero-order valence-electron chi connectivity index (χ0n) is 10.6. The Labute approximate surface area is 94.4 Å². The van der Waals surface area contributed by atoms with Crippen LogP contribution in [0.5, 0.6) is 0 Å². The van der Waals surface area contributed by atoms with E-state index in [1.807, 2.05) is 6.92 Å². The van der Waals surface area contributed by atoms with E-state index in [0.29, 0.717) is 6.42 Å². The van der Waals surface area contributed by atoms with Crippen LogP contribution in [0, 0.1) is 0 Å². The highest BCUT2D eigenvalue weighted by atomic mass is 16.5. The van der Waals surface area contributed by atoms with E-state index in [2.05, 4.69) is 6.92 Å². The van der Waals surface area contributed by atoms with Gasteiger partial charge in [0.2, 0.25) is 0 Å². The molecule has 0 saturated heterocycles. The summed E-state index contributed by atoms with van der Waals surface area (Å²) in [7, 11) is 0. The van der Waals surface area contributed by atoms with Crippen molar-refractivity contribution in [1.29, 1.82) is 0 Å². The van der Waals surface area contributed by atoms with Gasteiger partial charge in [0.05, 0.1) is 6.10 Å². The van der Waals surface area contributed by atoms with Crippen LogP contribution in [0.15, 0.2) is 0 Å². The van der Waals surface area contributed by atoms with Gasteiger partial charge in [0.25, 0.3) is 0 Å². The van der Waals surface area contributed by atoms with E-state index in [0.717, 1.165) is 13.0 Å². The summed E-state index contributed by atoms with van der Waals surface area (Å²) in [4.78, 5) is 10.8. The Morgan fingerprint density at radius 3 is 2.33 bits per heavy atom. The second kappa shape index (κ2) is 10.2. The molecule has 0 aliphatic rings.